The van der Waals surface area contributed by atoms with Crippen LogP contribution in [0.4, 0.5) is 0 Å². The van der Waals surface area contributed by atoms with E-state index in [0.29, 0.717) is 6.04 Å². The summed E-state index contributed by atoms with van der Waals surface area (Å²) in [6.07, 6.45) is 5.61. The minimum absolute atomic E-state index is 0.568. The molecule has 0 atom stereocenters. The third-order valence-electron chi connectivity index (χ3n) is 1.48. The molecule has 3 heteroatoms. The topological polar surface area (TPSA) is 29.9 Å². The molecule has 0 spiro atoms. The minimum atomic E-state index is 0.568. The maximum atomic E-state index is 3.96. The van der Waals surface area contributed by atoms with Crippen LogP contribution in [0.5, 0.6) is 0 Å². The first kappa shape index (κ1) is 8.27. The maximum Gasteiger partial charge on any atom is 0.0946 e. The molecule has 0 aliphatic rings. The average molecular weight is 153 g/mol. The molecule has 1 N–H and O–H groups in total. The van der Waals surface area contributed by atoms with E-state index < -0.39 is 0 Å². The fourth-order valence-corrected chi connectivity index (χ4v) is 0.901. The van der Waals surface area contributed by atoms with Gasteiger partial charge in [-0.3, -0.25) is 0 Å². The molecule has 0 aliphatic heterocycles. The van der Waals surface area contributed by atoms with Crippen molar-refractivity contribution in [3.05, 3.63) is 18.7 Å². The number of nitrogens with zero attached hydrogens (tertiary/aromatic N) is 2. The molecule has 0 bridgehead atoms. The number of nitrogens with one attached hydrogen (secondary N) is 1. The minimum Gasteiger partial charge on any atom is -0.336 e. The van der Waals surface area contributed by atoms with E-state index >= 15 is 0 Å². The highest BCUT2D eigenvalue weighted by atomic mass is 15.0. The van der Waals surface area contributed by atoms with Gasteiger partial charge in [0.1, 0.15) is 0 Å². The lowest BCUT2D eigenvalue weighted by atomic mass is 10.4. The van der Waals surface area contributed by atoms with Crippen molar-refractivity contribution < 1.29 is 0 Å². The smallest absolute Gasteiger partial charge is 0.0946 e. The summed E-state index contributed by atoms with van der Waals surface area (Å²) in [7, 11) is 0. The lowest BCUT2D eigenvalue weighted by molar-refractivity contribution is 0.541. The quantitative estimate of drug-likeness (QED) is 0.696. The lowest BCUT2D eigenvalue weighted by Gasteiger charge is -2.07. The van der Waals surface area contributed by atoms with E-state index in [0.717, 1.165) is 13.1 Å². The van der Waals surface area contributed by atoms with Gasteiger partial charge in [-0.25, -0.2) is 4.98 Å². The summed E-state index contributed by atoms with van der Waals surface area (Å²) >= 11 is 0. The Morgan fingerprint density at radius 1 is 1.55 bits per heavy atom. The molecule has 0 fully saturated rings. The first-order valence-corrected chi connectivity index (χ1v) is 3.98. The molecule has 62 valence electrons. The van der Waals surface area contributed by atoms with Gasteiger partial charge in [0.15, 0.2) is 0 Å². The van der Waals surface area contributed by atoms with Crippen molar-refractivity contribution >= 4 is 0 Å². The van der Waals surface area contributed by atoms with Gasteiger partial charge in [-0.05, 0) is 0 Å². The van der Waals surface area contributed by atoms with Gasteiger partial charge in [-0.1, -0.05) is 13.8 Å². The normalized spacial score (nSPS) is 10.8. The summed E-state index contributed by atoms with van der Waals surface area (Å²) in [6.45, 7) is 6.30. The van der Waals surface area contributed by atoms with E-state index in [2.05, 4.69) is 28.7 Å². The van der Waals surface area contributed by atoms with Crippen molar-refractivity contribution in [2.45, 2.75) is 26.4 Å². The Bertz CT molecular complexity index is 179. The highest BCUT2D eigenvalue weighted by Gasteiger charge is 1.91. The molecule has 1 aromatic heterocycles. The summed E-state index contributed by atoms with van der Waals surface area (Å²) in [6, 6.07) is 0.568. The van der Waals surface area contributed by atoms with Crippen LogP contribution in [0, 0.1) is 0 Å². The first-order chi connectivity index (χ1) is 5.29. The molecule has 0 radical (unpaired) electrons. The maximum absolute atomic E-state index is 3.96. The zero-order chi connectivity index (χ0) is 8.10. The van der Waals surface area contributed by atoms with Gasteiger partial charge >= 0.3 is 0 Å². The van der Waals surface area contributed by atoms with Gasteiger partial charge in [0.2, 0.25) is 0 Å². The Morgan fingerprint density at radius 2 is 2.36 bits per heavy atom. The third-order valence-corrected chi connectivity index (χ3v) is 1.48. The predicted molar refractivity (Wildman–Crippen MR) is 45.4 cm³/mol. The number of hydrogen-bond donors (Lipinski definition) is 1. The molecule has 0 saturated heterocycles. The van der Waals surface area contributed by atoms with Crippen LogP contribution < -0.4 is 5.32 Å². The standard InChI is InChI=1S/C8H15N3/c1-8(2)10-4-6-11-5-3-9-7-11/h3,5,7-8,10H,4,6H2,1-2H3. The van der Waals surface area contributed by atoms with E-state index in [4.69, 9.17) is 0 Å². The van der Waals surface area contributed by atoms with Crippen molar-refractivity contribution in [3.63, 3.8) is 0 Å². The largest absolute Gasteiger partial charge is 0.336 e. The van der Waals surface area contributed by atoms with Crippen molar-refractivity contribution in [1.82, 2.24) is 14.9 Å². The molecule has 0 amide bonds. The molecule has 1 rings (SSSR count). The molecule has 1 aromatic rings. The van der Waals surface area contributed by atoms with Gasteiger partial charge < -0.3 is 9.88 Å². The van der Waals surface area contributed by atoms with Crippen molar-refractivity contribution in [3.8, 4) is 0 Å². The molecule has 0 unspecified atom stereocenters. The van der Waals surface area contributed by atoms with Crippen LogP contribution in [0.2, 0.25) is 0 Å². The van der Waals surface area contributed by atoms with Gasteiger partial charge in [0.05, 0.1) is 6.33 Å². The molecular formula is C8H15N3. The van der Waals surface area contributed by atoms with Crippen molar-refractivity contribution in [1.29, 1.82) is 0 Å². The van der Waals surface area contributed by atoms with Crippen LogP contribution in [0.3, 0.4) is 0 Å². The average Bonchev–Trinajstić information content (AvgIpc) is 2.39. The molecule has 3 nitrogen and oxygen atoms in total. The number of hydrogen-bond acceptors (Lipinski definition) is 2. The monoisotopic (exact) mass is 153 g/mol. The number of rotatable bonds is 4. The van der Waals surface area contributed by atoms with Gasteiger partial charge in [0, 0.05) is 31.5 Å². The van der Waals surface area contributed by atoms with Gasteiger partial charge in [0.25, 0.3) is 0 Å². The van der Waals surface area contributed by atoms with Crippen molar-refractivity contribution in [2.24, 2.45) is 0 Å². The highest BCUT2D eigenvalue weighted by Crippen LogP contribution is 1.84. The molecule has 11 heavy (non-hydrogen) atoms. The molecule has 0 saturated carbocycles. The predicted octanol–water partition coefficient (Wildman–Crippen LogP) is 0.881. The van der Waals surface area contributed by atoms with Crippen LogP contribution in [0.25, 0.3) is 0 Å². The fourth-order valence-electron chi connectivity index (χ4n) is 0.901. The summed E-state index contributed by atoms with van der Waals surface area (Å²) in [5.41, 5.74) is 0. The first-order valence-electron chi connectivity index (χ1n) is 3.98. The van der Waals surface area contributed by atoms with E-state index in [1.165, 1.54) is 0 Å². The van der Waals surface area contributed by atoms with Crippen LogP contribution >= 0.6 is 0 Å². The van der Waals surface area contributed by atoms with Crippen LogP contribution in [0.15, 0.2) is 18.7 Å². The second-order valence-electron chi connectivity index (χ2n) is 2.91. The SMILES string of the molecule is CC(C)NCCn1ccnc1. The molecular weight excluding hydrogens is 138 g/mol. The summed E-state index contributed by atoms with van der Waals surface area (Å²) in [4.78, 5) is 3.96. The van der Waals surface area contributed by atoms with Gasteiger partial charge in [-0.2, -0.15) is 0 Å². The zero-order valence-corrected chi connectivity index (χ0v) is 7.12. The molecule has 0 aromatic carbocycles. The van der Waals surface area contributed by atoms with Crippen LogP contribution in [0.1, 0.15) is 13.8 Å². The Kier molecular flexibility index (Phi) is 3.11. The van der Waals surface area contributed by atoms with Crippen molar-refractivity contribution in [2.75, 3.05) is 6.54 Å². The highest BCUT2D eigenvalue weighted by molar-refractivity contribution is 4.74. The summed E-state index contributed by atoms with van der Waals surface area (Å²) in [5.74, 6) is 0. The van der Waals surface area contributed by atoms with Crippen LogP contribution in [-0.2, 0) is 6.54 Å². The summed E-state index contributed by atoms with van der Waals surface area (Å²) < 4.78 is 2.06. The Hall–Kier alpha value is -0.830. The van der Waals surface area contributed by atoms with E-state index in [1.54, 1.807) is 6.20 Å². The van der Waals surface area contributed by atoms with Crippen LogP contribution in [-0.4, -0.2) is 22.1 Å². The van der Waals surface area contributed by atoms with Gasteiger partial charge in [-0.15, -0.1) is 0 Å². The Balaban J connectivity index is 2.14. The Morgan fingerprint density at radius 3 is 2.91 bits per heavy atom. The second-order valence-corrected chi connectivity index (χ2v) is 2.91. The second kappa shape index (κ2) is 4.13. The third kappa shape index (κ3) is 3.18. The molecule has 0 aliphatic carbocycles. The molecule has 1 heterocycles. The van der Waals surface area contributed by atoms with E-state index in [9.17, 15) is 0 Å². The fraction of sp³-hybridized carbons (Fsp3) is 0.625. The van der Waals surface area contributed by atoms with E-state index in [1.807, 2.05) is 12.5 Å². The Labute approximate surface area is 67.4 Å². The number of imidazole rings is 1. The number of aromatic nitrogens is 2. The lowest BCUT2D eigenvalue weighted by Crippen LogP contribution is -2.26. The summed E-state index contributed by atoms with van der Waals surface area (Å²) in [5, 5.41) is 3.34. The van der Waals surface area contributed by atoms with E-state index in [-0.39, 0.29) is 0 Å². The zero-order valence-electron chi connectivity index (χ0n) is 7.12.